The Hall–Kier alpha value is -1.87. The van der Waals surface area contributed by atoms with Crippen LogP contribution in [0.5, 0.6) is 5.88 Å². The molecule has 0 aliphatic rings. The largest absolute Gasteiger partial charge is 0.481 e. The third kappa shape index (κ3) is 9.45. The van der Waals surface area contributed by atoms with Crippen molar-refractivity contribution < 1.29 is 4.74 Å². The highest BCUT2D eigenvalue weighted by Crippen LogP contribution is 2.09. The number of methoxy groups -OCH3 is 1. The highest BCUT2D eigenvalue weighted by atomic mass is 127. The molecule has 2 aromatic rings. The Morgan fingerprint density at radius 3 is 2.59 bits per heavy atom. The standard InChI is InChI=1S/C22H33N5O.HI/c1-5-23-22(25-16-20-12-9-13-21(26-20)28-4)24-15-14-18(2)27(3)17-19-10-7-6-8-11-19;/h6-13,18H,5,14-17H2,1-4H3,(H2,23,24,25);1H. The predicted molar refractivity (Wildman–Crippen MR) is 131 cm³/mol. The first-order chi connectivity index (χ1) is 13.6. The average molecular weight is 511 g/mol. The minimum atomic E-state index is 0. The van der Waals surface area contributed by atoms with E-state index in [2.05, 4.69) is 76.7 Å². The number of rotatable bonds is 10. The molecular weight excluding hydrogens is 477 g/mol. The number of halogens is 1. The molecule has 0 spiro atoms. The van der Waals surface area contributed by atoms with Gasteiger partial charge >= 0.3 is 0 Å². The van der Waals surface area contributed by atoms with Gasteiger partial charge in [-0.1, -0.05) is 36.4 Å². The minimum absolute atomic E-state index is 0. The van der Waals surface area contributed by atoms with Crippen molar-refractivity contribution in [1.82, 2.24) is 20.5 Å². The first-order valence-corrected chi connectivity index (χ1v) is 9.88. The molecule has 0 bridgehead atoms. The molecule has 0 radical (unpaired) electrons. The van der Waals surface area contributed by atoms with Crippen molar-refractivity contribution in [2.24, 2.45) is 4.99 Å². The number of hydrogen-bond donors (Lipinski definition) is 2. The summed E-state index contributed by atoms with van der Waals surface area (Å²) in [6, 6.07) is 16.8. The number of guanidine groups is 1. The first-order valence-electron chi connectivity index (χ1n) is 9.88. The number of nitrogens with zero attached hydrogens (tertiary/aromatic N) is 3. The third-order valence-corrected chi connectivity index (χ3v) is 4.62. The summed E-state index contributed by atoms with van der Waals surface area (Å²) in [5.41, 5.74) is 2.22. The minimum Gasteiger partial charge on any atom is -0.481 e. The summed E-state index contributed by atoms with van der Waals surface area (Å²) >= 11 is 0. The third-order valence-electron chi connectivity index (χ3n) is 4.62. The van der Waals surface area contributed by atoms with Crippen molar-refractivity contribution in [2.45, 2.75) is 39.4 Å². The van der Waals surface area contributed by atoms with Crippen molar-refractivity contribution in [2.75, 3.05) is 27.2 Å². The smallest absolute Gasteiger partial charge is 0.213 e. The zero-order valence-electron chi connectivity index (χ0n) is 17.9. The lowest BCUT2D eigenvalue weighted by molar-refractivity contribution is 0.238. The quantitative estimate of drug-likeness (QED) is 0.290. The average Bonchev–Trinajstić information content (AvgIpc) is 2.72. The summed E-state index contributed by atoms with van der Waals surface area (Å²) < 4.78 is 5.17. The van der Waals surface area contributed by atoms with Crippen LogP contribution in [0.25, 0.3) is 0 Å². The van der Waals surface area contributed by atoms with Gasteiger partial charge in [0.15, 0.2) is 5.96 Å². The van der Waals surface area contributed by atoms with Crippen LogP contribution >= 0.6 is 24.0 Å². The SMILES string of the molecule is CCNC(=NCc1cccc(OC)n1)NCCC(C)N(C)Cc1ccccc1.I. The van der Waals surface area contributed by atoms with Crippen LogP contribution in [-0.2, 0) is 13.1 Å². The number of benzene rings is 1. The monoisotopic (exact) mass is 511 g/mol. The van der Waals surface area contributed by atoms with E-state index in [1.807, 2.05) is 18.2 Å². The normalized spacial score (nSPS) is 12.2. The van der Waals surface area contributed by atoms with E-state index in [-0.39, 0.29) is 24.0 Å². The summed E-state index contributed by atoms with van der Waals surface area (Å²) in [4.78, 5) is 11.4. The van der Waals surface area contributed by atoms with Gasteiger partial charge in [0.2, 0.25) is 5.88 Å². The molecular formula is C22H34IN5O. The van der Waals surface area contributed by atoms with Gasteiger partial charge in [0.1, 0.15) is 0 Å². The van der Waals surface area contributed by atoms with Gasteiger partial charge in [-0.3, -0.25) is 4.90 Å². The van der Waals surface area contributed by atoms with Gasteiger partial charge < -0.3 is 15.4 Å². The summed E-state index contributed by atoms with van der Waals surface area (Å²) in [6.45, 7) is 7.47. The molecule has 0 aliphatic heterocycles. The van der Waals surface area contributed by atoms with Crippen LogP contribution < -0.4 is 15.4 Å². The molecule has 0 aliphatic carbocycles. The fraction of sp³-hybridized carbons (Fsp3) is 0.455. The zero-order chi connectivity index (χ0) is 20.2. The number of hydrogen-bond acceptors (Lipinski definition) is 4. The van der Waals surface area contributed by atoms with Gasteiger partial charge in [0, 0.05) is 31.7 Å². The van der Waals surface area contributed by atoms with Crippen molar-refractivity contribution in [3.05, 3.63) is 59.8 Å². The maximum Gasteiger partial charge on any atom is 0.213 e. The second kappa shape index (κ2) is 14.2. The van der Waals surface area contributed by atoms with Crippen LogP contribution in [0.4, 0.5) is 0 Å². The van der Waals surface area contributed by atoms with E-state index in [4.69, 9.17) is 4.74 Å². The molecule has 160 valence electrons. The van der Waals surface area contributed by atoms with Gasteiger partial charge in [-0.2, -0.15) is 0 Å². The number of pyridine rings is 1. The van der Waals surface area contributed by atoms with E-state index in [0.29, 0.717) is 18.5 Å². The van der Waals surface area contributed by atoms with Crippen molar-refractivity contribution in [3.63, 3.8) is 0 Å². The van der Waals surface area contributed by atoms with Gasteiger partial charge in [-0.25, -0.2) is 9.98 Å². The van der Waals surface area contributed by atoms with Crippen LogP contribution in [0.15, 0.2) is 53.5 Å². The molecule has 1 atom stereocenters. The Kier molecular flexibility index (Phi) is 12.3. The zero-order valence-corrected chi connectivity index (χ0v) is 20.2. The molecule has 2 N–H and O–H groups in total. The highest BCUT2D eigenvalue weighted by molar-refractivity contribution is 14.0. The van der Waals surface area contributed by atoms with Gasteiger partial charge in [-0.05, 0) is 38.9 Å². The van der Waals surface area contributed by atoms with Gasteiger partial charge in [0.05, 0.1) is 19.3 Å². The Morgan fingerprint density at radius 1 is 1.14 bits per heavy atom. The molecule has 2 rings (SSSR count). The van der Waals surface area contributed by atoms with E-state index < -0.39 is 0 Å². The highest BCUT2D eigenvalue weighted by Gasteiger charge is 2.10. The van der Waals surface area contributed by atoms with E-state index >= 15 is 0 Å². The van der Waals surface area contributed by atoms with Crippen molar-refractivity contribution in [1.29, 1.82) is 0 Å². The van der Waals surface area contributed by atoms with Crippen LogP contribution in [0, 0.1) is 0 Å². The predicted octanol–water partition coefficient (Wildman–Crippen LogP) is 3.67. The fourth-order valence-electron chi connectivity index (χ4n) is 2.81. The Balaban J connectivity index is 0.00000420. The molecule has 0 fully saturated rings. The molecule has 7 heteroatoms. The first kappa shape index (κ1) is 25.2. The maximum absolute atomic E-state index is 5.17. The Bertz CT molecular complexity index is 726. The number of nitrogens with one attached hydrogen (secondary N) is 2. The van der Waals surface area contributed by atoms with E-state index in [1.54, 1.807) is 7.11 Å². The molecule has 6 nitrogen and oxygen atoms in total. The molecule has 1 unspecified atom stereocenters. The molecule has 1 aromatic heterocycles. The Labute approximate surface area is 192 Å². The van der Waals surface area contributed by atoms with Crippen LogP contribution in [0.2, 0.25) is 0 Å². The molecule has 0 amide bonds. The summed E-state index contributed by atoms with van der Waals surface area (Å²) in [5, 5.41) is 6.71. The lowest BCUT2D eigenvalue weighted by Gasteiger charge is -2.25. The van der Waals surface area contributed by atoms with Crippen molar-refractivity contribution >= 4 is 29.9 Å². The topological polar surface area (TPSA) is 61.8 Å². The second-order valence-corrected chi connectivity index (χ2v) is 6.83. The molecule has 0 saturated heterocycles. The van der Waals surface area contributed by atoms with E-state index in [1.165, 1.54) is 5.56 Å². The van der Waals surface area contributed by atoms with Gasteiger partial charge in [0.25, 0.3) is 0 Å². The lowest BCUT2D eigenvalue weighted by Crippen LogP contribution is -2.40. The lowest BCUT2D eigenvalue weighted by atomic mass is 10.1. The van der Waals surface area contributed by atoms with E-state index in [0.717, 1.165) is 37.7 Å². The number of aliphatic imine (C=N–C) groups is 1. The summed E-state index contributed by atoms with van der Waals surface area (Å²) in [7, 11) is 3.79. The fourth-order valence-corrected chi connectivity index (χ4v) is 2.81. The number of aromatic nitrogens is 1. The van der Waals surface area contributed by atoms with E-state index in [9.17, 15) is 0 Å². The second-order valence-electron chi connectivity index (χ2n) is 6.83. The molecule has 0 saturated carbocycles. The van der Waals surface area contributed by atoms with Crippen LogP contribution in [0.3, 0.4) is 0 Å². The molecule has 29 heavy (non-hydrogen) atoms. The molecule has 1 heterocycles. The summed E-state index contributed by atoms with van der Waals surface area (Å²) in [6.07, 6.45) is 1.03. The number of ether oxygens (including phenoxy) is 1. The van der Waals surface area contributed by atoms with Crippen LogP contribution in [-0.4, -0.2) is 49.1 Å². The van der Waals surface area contributed by atoms with Crippen molar-refractivity contribution in [3.8, 4) is 5.88 Å². The molecule has 1 aromatic carbocycles. The summed E-state index contributed by atoms with van der Waals surface area (Å²) in [5.74, 6) is 1.42. The maximum atomic E-state index is 5.17. The van der Waals surface area contributed by atoms with Gasteiger partial charge in [-0.15, -0.1) is 24.0 Å². The Morgan fingerprint density at radius 2 is 1.90 bits per heavy atom. The van der Waals surface area contributed by atoms with Crippen LogP contribution in [0.1, 0.15) is 31.5 Å².